The normalized spacial score (nSPS) is 18.5. The molecule has 1 aromatic carbocycles. The second-order valence-corrected chi connectivity index (χ2v) is 11.3. The van der Waals surface area contributed by atoms with Crippen LogP contribution in [0.1, 0.15) is 101 Å². The first-order chi connectivity index (χ1) is 25.7. The summed E-state index contributed by atoms with van der Waals surface area (Å²) in [5.74, 6) is -5.06. The molecule has 0 bridgehead atoms. The Balaban J connectivity index is -0.000000713. The number of nitrogen functional groups attached to an aromatic ring is 1. The zero-order valence-electron chi connectivity index (χ0n) is 40.2. The SMILES string of the molecule is [2H]C([2H])([2H])[C@H](NC(=O)OC(C)(C)C)C(=O)O.[2H]C([2H])([2H])[C@]([2H])(NC(=O)OC(C)(C)C)C(=O)O.[2H][C@@](C)(NC(=O)OC(C)(C)C)C(=O)O.[2H]c1c([2H])c([2H])c(N)c([2H])c1[2H]. The van der Waals surface area contributed by atoms with E-state index < -0.39 is 103 Å². The number of benzene rings is 1. The van der Waals surface area contributed by atoms with Crippen molar-refractivity contribution in [3.8, 4) is 0 Å². The molecule has 8 N–H and O–H groups in total. The number of amides is 3. The lowest BCUT2D eigenvalue weighted by atomic mass is 10.2. The highest BCUT2D eigenvalue weighted by atomic mass is 16.6. The molecule has 0 aliphatic rings. The van der Waals surface area contributed by atoms with Gasteiger partial charge in [-0.05, 0) is 95.0 Å². The third-order valence-corrected chi connectivity index (χ3v) is 3.28. The predicted octanol–water partition coefficient (Wildman–Crippen LogP) is 4.22. The minimum Gasteiger partial charge on any atom is -0.480 e. The van der Waals surface area contributed by atoms with Crippen molar-refractivity contribution >= 4 is 41.9 Å². The molecule has 16 heteroatoms. The van der Waals surface area contributed by atoms with E-state index in [1.165, 1.54) is 26.1 Å². The molecule has 0 spiro atoms. The summed E-state index contributed by atoms with van der Waals surface area (Å²) in [6.07, 6.45) is -3.26. The van der Waals surface area contributed by atoms with Gasteiger partial charge in [-0.2, -0.15) is 0 Å². The molecule has 0 aliphatic carbocycles. The molecule has 0 aliphatic heterocycles. The lowest BCUT2D eigenvalue weighted by Crippen LogP contribution is -2.41. The van der Waals surface area contributed by atoms with Crippen LogP contribution in [0.4, 0.5) is 20.1 Å². The number of carbonyl (C=O) groups is 6. The Morgan fingerprint density at radius 1 is 0.674 bits per heavy atom. The van der Waals surface area contributed by atoms with Gasteiger partial charge in [0.25, 0.3) is 0 Å². The van der Waals surface area contributed by atoms with Gasteiger partial charge in [0, 0.05) is 13.9 Å². The number of hydrogen-bond donors (Lipinski definition) is 7. The van der Waals surface area contributed by atoms with Crippen molar-refractivity contribution in [1.82, 2.24) is 16.0 Å². The second-order valence-electron chi connectivity index (χ2n) is 11.3. The highest BCUT2D eigenvalue weighted by Crippen LogP contribution is 2.08. The highest BCUT2D eigenvalue weighted by molar-refractivity contribution is 5.80. The number of alkyl carbamates (subject to hydrolysis) is 3. The van der Waals surface area contributed by atoms with E-state index in [-0.39, 0.29) is 17.8 Å². The molecule has 0 saturated carbocycles. The summed E-state index contributed by atoms with van der Waals surface area (Å²) in [6, 6.07) is -9.07. The number of hydrogen-bond acceptors (Lipinski definition) is 10. The average Bonchev–Trinajstić information content (AvgIpc) is 2.97. The van der Waals surface area contributed by atoms with Crippen LogP contribution in [0.3, 0.4) is 0 Å². The number of aliphatic carboxylic acids is 3. The van der Waals surface area contributed by atoms with Crippen LogP contribution in [0.2, 0.25) is 0 Å². The summed E-state index contributed by atoms with van der Waals surface area (Å²) in [7, 11) is 0. The summed E-state index contributed by atoms with van der Waals surface area (Å²) in [5.41, 5.74) is 2.60. The minimum atomic E-state index is -3.21. The number of carbonyl (C=O) groups excluding carboxylic acids is 3. The summed E-state index contributed by atoms with van der Waals surface area (Å²) >= 11 is 0. The topological polar surface area (TPSA) is 253 Å². The Morgan fingerprint density at radius 2 is 1.02 bits per heavy atom. The van der Waals surface area contributed by atoms with Gasteiger partial charge >= 0.3 is 36.2 Å². The van der Waals surface area contributed by atoms with Crippen LogP contribution in [-0.4, -0.2) is 86.4 Å². The third-order valence-electron chi connectivity index (χ3n) is 3.28. The lowest BCUT2D eigenvalue weighted by Gasteiger charge is -2.20. The first-order valence-electron chi connectivity index (χ1n) is 19.3. The largest absolute Gasteiger partial charge is 0.480 e. The number of carboxylic acids is 3. The van der Waals surface area contributed by atoms with E-state index in [4.69, 9.17) is 53.1 Å². The van der Waals surface area contributed by atoms with Gasteiger partial charge in [0.2, 0.25) is 0 Å². The quantitative estimate of drug-likeness (QED) is 0.165. The van der Waals surface area contributed by atoms with E-state index in [1.807, 2.05) is 5.32 Å². The number of nitrogens with two attached hydrogens (primary N) is 1. The first-order valence-corrected chi connectivity index (χ1v) is 12.8. The van der Waals surface area contributed by atoms with E-state index in [0.29, 0.717) is 0 Å². The summed E-state index contributed by atoms with van der Waals surface area (Å²) in [5, 5.41) is 31.1. The molecule has 1 rings (SSSR count). The molecule has 16 nitrogen and oxygen atoms in total. The summed E-state index contributed by atoms with van der Waals surface area (Å²) in [4.78, 5) is 65.3. The standard InChI is InChI=1S/3C8H15NO4.C6H7N/c3*1-5(6(10)11)9-7(12)13-8(2,3)4;7-6-4-2-1-3-5-6/h3*5H,1-4H3,(H,9,12)(H,10,11);1-5H,7H2/t3*5-;/m000./s1/i1D3,5D;5D;1D3;1D,2D,3D,4D,5D. The van der Waals surface area contributed by atoms with Crippen LogP contribution in [0, 0.1) is 0 Å². The first kappa shape index (κ1) is 25.4. The molecule has 0 unspecified atom stereocenters. The predicted molar refractivity (Wildman–Crippen MR) is 170 cm³/mol. The van der Waals surface area contributed by atoms with Crippen molar-refractivity contribution < 1.29 is 76.1 Å². The zero-order chi connectivity index (χ0) is 48.2. The fraction of sp³-hybridized carbons (Fsp3) is 0.600. The van der Waals surface area contributed by atoms with Crippen LogP contribution in [0.5, 0.6) is 0 Å². The Kier molecular flexibility index (Phi) is 11.6. The van der Waals surface area contributed by atoms with Crippen molar-refractivity contribution in [3.63, 3.8) is 0 Å². The Labute approximate surface area is 288 Å². The van der Waals surface area contributed by atoms with E-state index in [9.17, 15) is 28.8 Å². The zero-order valence-corrected chi connectivity index (χ0v) is 27.2. The molecule has 0 heterocycles. The monoisotopic (exact) mass is 673 g/mol. The van der Waals surface area contributed by atoms with Gasteiger partial charge in [-0.15, -0.1) is 0 Å². The maximum atomic E-state index is 11.3. The fourth-order valence-corrected chi connectivity index (χ4v) is 1.72. The molecule has 0 aromatic heterocycles. The summed E-state index contributed by atoms with van der Waals surface area (Å²) in [6.45, 7) is 9.28. The molecule has 46 heavy (non-hydrogen) atoms. The lowest BCUT2D eigenvalue weighted by molar-refractivity contribution is -0.139. The van der Waals surface area contributed by atoms with E-state index in [2.05, 4.69) is 0 Å². The van der Waals surface area contributed by atoms with Crippen molar-refractivity contribution in [1.29, 1.82) is 0 Å². The third kappa shape index (κ3) is 32.2. The maximum Gasteiger partial charge on any atom is 0.408 e. The molecular weight excluding hydrogens is 608 g/mol. The van der Waals surface area contributed by atoms with Crippen molar-refractivity contribution in [2.75, 3.05) is 5.73 Å². The summed E-state index contributed by atoms with van der Waals surface area (Å²) < 4.78 is 106. The van der Waals surface area contributed by atoms with Gasteiger partial charge in [-0.25, -0.2) is 14.4 Å². The van der Waals surface area contributed by atoms with Crippen molar-refractivity contribution in [2.45, 2.75) is 118 Å². The molecule has 264 valence electrons. The molecule has 3 atom stereocenters. The highest BCUT2D eigenvalue weighted by Gasteiger charge is 2.22. The molecule has 0 fully saturated rings. The van der Waals surface area contributed by atoms with Gasteiger partial charge < -0.3 is 51.2 Å². The minimum absolute atomic E-state index is 0.207. The van der Waals surface area contributed by atoms with Crippen LogP contribution in [0.25, 0.3) is 0 Å². The van der Waals surface area contributed by atoms with Gasteiger partial charge in [-0.1, -0.05) is 18.1 Å². The van der Waals surface area contributed by atoms with E-state index in [0.717, 1.165) is 6.92 Å². The molecule has 0 saturated heterocycles. The number of nitrogens with one attached hydrogen (secondary N) is 3. The van der Waals surface area contributed by atoms with E-state index in [1.54, 1.807) is 46.9 Å². The molecule has 1 aromatic rings. The Morgan fingerprint density at radius 3 is 1.30 bits per heavy atom. The number of anilines is 1. The number of ether oxygens (including phenoxy) is 3. The van der Waals surface area contributed by atoms with Crippen molar-refractivity contribution in [2.24, 2.45) is 0 Å². The maximum absolute atomic E-state index is 11.3. The number of para-hydroxylation sites is 1. The van der Waals surface area contributed by atoms with Crippen LogP contribution >= 0.6 is 0 Å². The van der Waals surface area contributed by atoms with Crippen LogP contribution < -0.4 is 21.7 Å². The molecule has 3 amide bonds. The van der Waals surface area contributed by atoms with Gasteiger partial charge in [-0.3, -0.25) is 14.4 Å². The van der Waals surface area contributed by atoms with Gasteiger partial charge in [0.05, 0.1) is 9.60 Å². The number of carboxylic acid groups (broad SMARTS) is 3. The smallest absolute Gasteiger partial charge is 0.408 e. The second kappa shape index (κ2) is 21.1. The van der Waals surface area contributed by atoms with Crippen molar-refractivity contribution in [3.05, 3.63) is 30.2 Å². The Bertz CT molecular complexity index is 1570. The number of rotatable bonds is 6. The molecule has 0 radical (unpaired) electrons. The average molecular weight is 674 g/mol. The van der Waals surface area contributed by atoms with Crippen LogP contribution in [-0.2, 0) is 28.6 Å². The fourth-order valence-electron chi connectivity index (χ4n) is 1.72. The van der Waals surface area contributed by atoms with Gasteiger partial charge in [0.1, 0.15) is 34.9 Å². The van der Waals surface area contributed by atoms with Crippen LogP contribution in [0.15, 0.2) is 30.2 Å². The van der Waals surface area contributed by atoms with Gasteiger partial charge in [0.15, 0.2) is 0 Å². The van der Waals surface area contributed by atoms with E-state index >= 15 is 0 Å². The Hall–Kier alpha value is -4.76. The molecular formula is C30H52N4O12.